The summed E-state index contributed by atoms with van der Waals surface area (Å²) < 4.78 is 0. The van der Waals surface area contributed by atoms with Gasteiger partial charge < -0.3 is 5.82 Å². The molecule has 0 rings (SSSR count). The summed E-state index contributed by atoms with van der Waals surface area (Å²) in [7, 11) is 1.02. The highest BCUT2D eigenvalue weighted by atomic mass is 28.1. The molecule has 0 nitrogen and oxygen atoms in total. The molecule has 0 N–H and O–H groups in total. The number of hydrogen-bond acceptors (Lipinski definition) is 0. The third kappa shape index (κ3) is 5.84. The quantitative estimate of drug-likeness (QED) is 0.309. The number of hydrogen-bond donors (Lipinski definition) is 0. The number of rotatable bonds is 0. The van der Waals surface area contributed by atoms with E-state index >= 15 is 0 Å². The van der Waals surface area contributed by atoms with E-state index < -0.39 is 0 Å². The van der Waals surface area contributed by atoms with Gasteiger partial charge in [-0.25, -0.2) is 0 Å². The lowest BCUT2D eigenvalue weighted by atomic mass is 9.31. The summed E-state index contributed by atoms with van der Waals surface area (Å²) >= 11 is 0. The summed E-state index contributed by atoms with van der Waals surface area (Å²) in [6.45, 7) is 6.56. The van der Waals surface area contributed by atoms with E-state index in [0.29, 0.717) is 0 Å². The van der Waals surface area contributed by atoms with Crippen LogP contribution < -0.4 is 0 Å². The Hall–Kier alpha value is -0.158. The molecule has 0 bridgehead atoms. The maximum Gasteiger partial charge on any atom is 0.0855 e. The zero-order chi connectivity index (χ0) is 5.91. The molecule has 0 heterocycles. The van der Waals surface area contributed by atoms with Gasteiger partial charge in [-0.1, -0.05) is 0 Å². The van der Waals surface area contributed by atoms with Crippen LogP contribution >= 0.6 is 0 Å². The first kappa shape index (κ1) is 6.84. The Morgan fingerprint density at radius 2 is 1.71 bits per heavy atom. The molecule has 0 saturated carbocycles. The van der Waals surface area contributed by atoms with Gasteiger partial charge in [-0.3, -0.25) is 0 Å². The van der Waals surface area contributed by atoms with E-state index in [2.05, 4.69) is 31.8 Å². The summed E-state index contributed by atoms with van der Waals surface area (Å²) in [6.07, 6.45) is -0.319. The lowest BCUT2D eigenvalue weighted by molar-refractivity contribution is 1.82. The summed E-state index contributed by atoms with van der Waals surface area (Å²) in [4.78, 5) is 0. The van der Waals surface area contributed by atoms with Crippen molar-refractivity contribution in [2.45, 2.75) is 20.5 Å². The first-order valence-corrected chi connectivity index (χ1v) is 3.77. The predicted molar refractivity (Wildman–Crippen MR) is 41.1 cm³/mol. The highest BCUT2D eigenvalue weighted by Crippen LogP contribution is 1.94. The van der Waals surface area contributed by atoms with Gasteiger partial charge in [0.05, 0.1) is 16.4 Å². The van der Waals surface area contributed by atoms with Crippen LogP contribution in [0, 0.1) is 11.4 Å². The second kappa shape index (κ2) is 2.23. The molecule has 0 radical (unpaired) electrons. The Kier molecular flexibility index (Phi) is 2.18. The van der Waals surface area contributed by atoms with Crippen molar-refractivity contribution in [3.63, 3.8) is 0 Å². The van der Waals surface area contributed by atoms with Crippen LogP contribution in [0.1, 0.15) is 0 Å². The monoisotopic (exact) mass is 111 g/mol. The minimum atomic E-state index is -0.319. The molecule has 0 amide bonds. The van der Waals surface area contributed by atoms with Crippen LogP contribution in [-0.2, 0) is 0 Å². The maximum absolute atomic E-state index is 3.16. The van der Waals surface area contributed by atoms with Crippen molar-refractivity contribution in [2.24, 2.45) is 0 Å². The van der Waals surface area contributed by atoms with E-state index in [-0.39, 0.29) is 6.15 Å². The molecule has 0 aromatic heterocycles. The van der Waals surface area contributed by atoms with E-state index in [4.69, 9.17) is 0 Å². The van der Waals surface area contributed by atoms with Gasteiger partial charge in [0.2, 0.25) is 0 Å². The Balaban J connectivity index is 3.72. The van der Waals surface area contributed by atoms with Gasteiger partial charge in [-0.2, -0.15) is 26.0 Å². The Labute approximate surface area is 49.0 Å². The normalized spacial score (nSPS) is 10.1. The van der Waals surface area contributed by atoms with E-state index in [1.54, 1.807) is 0 Å². The molecule has 0 atom stereocenters. The van der Waals surface area contributed by atoms with Gasteiger partial charge in [0, 0.05) is 0 Å². The van der Waals surface area contributed by atoms with Crippen LogP contribution in [0.5, 0.6) is 0 Å². The van der Waals surface area contributed by atoms with Gasteiger partial charge in [0.1, 0.15) is 0 Å². The van der Waals surface area contributed by atoms with Gasteiger partial charge in [-0.15, -0.1) is 0 Å². The van der Waals surface area contributed by atoms with Crippen LogP contribution in [0.3, 0.4) is 0 Å². The molecule has 0 spiro atoms. The Morgan fingerprint density at radius 3 is 1.71 bits per heavy atom. The van der Waals surface area contributed by atoms with Crippen molar-refractivity contribution in [1.29, 1.82) is 0 Å². The second-order valence-electron chi connectivity index (χ2n) is 2.99. The summed E-state index contributed by atoms with van der Waals surface area (Å²) in [5.74, 6) is 3.16. The SMILES string of the molecule is C[B-](C)(C)C#C[SiH3]. The van der Waals surface area contributed by atoms with E-state index in [9.17, 15) is 0 Å². The molecule has 0 aliphatic rings. The van der Waals surface area contributed by atoms with Gasteiger partial charge >= 0.3 is 0 Å². The molecule has 0 aromatic carbocycles. The van der Waals surface area contributed by atoms with Gasteiger partial charge in [0.15, 0.2) is 0 Å². The maximum atomic E-state index is 3.16. The lowest BCUT2D eigenvalue weighted by Crippen LogP contribution is -2.16. The molecule has 7 heavy (non-hydrogen) atoms. The molecule has 40 valence electrons. The minimum Gasteiger partial charge on any atom is -0.323 e. The van der Waals surface area contributed by atoms with Crippen LogP contribution in [0.2, 0.25) is 20.5 Å². The predicted octanol–water partition coefficient (Wildman–Crippen LogP) is 0.190. The summed E-state index contributed by atoms with van der Waals surface area (Å²) in [5.41, 5.74) is 3.02. The van der Waals surface area contributed by atoms with Gasteiger partial charge in [0.25, 0.3) is 0 Å². The first-order chi connectivity index (χ1) is 3.06. The van der Waals surface area contributed by atoms with Crippen LogP contribution in [-0.4, -0.2) is 16.4 Å². The zero-order valence-corrected chi connectivity index (χ0v) is 7.58. The third-order valence-electron chi connectivity index (χ3n) is 0.577. The molecule has 0 saturated heterocycles. The lowest BCUT2D eigenvalue weighted by Gasteiger charge is -2.12. The van der Waals surface area contributed by atoms with Crippen LogP contribution in [0.15, 0.2) is 0 Å². The van der Waals surface area contributed by atoms with Crippen LogP contribution in [0.4, 0.5) is 0 Å². The van der Waals surface area contributed by atoms with Crippen molar-refractivity contribution in [3.05, 3.63) is 0 Å². The van der Waals surface area contributed by atoms with E-state index in [1.165, 1.54) is 0 Å². The Bertz CT molecular complexity index is 101. The van der Waals surface area contributed by atoms with Crippen molar-refractivity contribution in [3.8, 4) is 11.4 Å². The third-order valence-corrected chi connectivity index (χ3v) is 0.866. The molecule has 0 aliphatic heterocycles. The fourth-order valence-electron chi connectivity index (χ4n) is 0.433. The molecule has 2 heteroatoms. The largest absolute Gasteiger partial charge is 0.323 e. The smallest absolute Gasteiger partial charge is 0.0855 e. The second-order valence-corrected chi connectivity index (χ2v) is 3.49. The van der Waals surface area contributed by atoms with E-state index in [1.807, 2.05) is 0 Å². The Morgan fingerprint density at radius 1 is 1.29 bits per heavy atom. The van der Waals surface area contributed by atoms with E-state index in [0.717, 1.165) is 10.2 Å². The van der Waals surface area contributed by atoms with Crippen LogP contribution in [0.25, 0.3) is 0 Å². The summed E-state index contributed by atoms with van der Waals surface area (Å²) in [5, 5.41) is 0. The fourth-order valence-corrected chi connectivity index (χ4v) is 1.30. The average Bonchev–Trinajstić information content (AvgIpc) is 1.30. The molecule has 0 aliphatic carbocycles. The molecule has 0 unspecified atom stereocenters. The van der Waals surface area contributed by atoms with Crippen molar-refractivity contribution in [2.75, 3.05) is 0 Å². The van der Waals surface area contributed by atoms with Crippen molar-refractivity contribution in [1.82, 2.24) is 0 Å². The van der Waals surface area contributed by atoms with Crippen molar-refractivity contribution < 1.29 is 0 Å². The molecule has 0 fully saturated rings. The zero-order valence-electron chi connectivity index (χ0n) is 5.58. The standard InChI is InChI=1S/C5H12BSi/c1-6(2,3)4-5-7/h1-3,7H3/q-1. The fraction of sp³-hybridized carbons (Fsp3) is 0.600. The molecular formula is C5H12BSi-. The molecular weight excluding hydrogens is 99.0 g/mol. The van der Waals surface area contributed by atoms with Crippen molar-refractivity contribution >= 4 is 16.4 Å². The highest BCUT2D eigenvalue weighted by Gasteiger charge is 1.95. The minimum absolute atomic E-state index is 0.319. The topological polar surface area (TPSA) is 0 Å². The van der Waals surface area contributed by atoms with Gasteiger partial charge in [-0.05, 0) is 0 Å². The highest BCUT2D eigenvalue weighted by molar-refractivity contribution is 6.84. The molecule has 0 aromatic rings. The summed E-state index contributed by atoms with van der Waals surface area (Å²) in [6, 6.07) is 0. The average molecular weight is 111 g/mol. The first-order valence-electron chi connectivity index (χ1n) is 2.77.